The Morgan fingerprint density at radius 3 is 2.79 bits per heavy atom. The lowest BCUT2D eigenvalue weighted by Crippen LogP contribution is -2.01. The average Bonchev–Trinajstić information content (AvgIpc) is 2.38. The molecule has 0 saturated heterocycles. The SMILES string of the molecule is COc1ccc(Cl)cc1Nc1nc(C)cc(C#N)n1. The van der Waals surface area contributed by atoms with E-state index >= 15 is 0 Å². The quantitative estimate of drug-likeness (QED) is 0.931. The van der Waals surface area contributed by atoms with Gasteiger partial charge in [0.25, 0.3) is 0 Å². The summed E-state index contributed by atoms with van der Waals surface area (Å²) in [5.74, 6) is 0.949. The number of aromatic nitrogens is 2. The zero-order valence-corrected chi connectivity index (χ0v) is 11.2. The van der Waals surface area contributed by atoms with Crippen LogP contribution < -0.4 is 10.1 Å². The van der Waals surface area contributed by atoms with Gasteiger partial charge in [-0.15, -0.1) is 0 Å². The first-order chi connectivity index (χ1) is 9.12. The highest BCUT2D eigenvalue weighted by molar-refractivity contribution is 6.30. The lowest BCUT2D eigenvalue weighted by atomic mass is 10.3. The second-order valence-corrected chi connectivity index (χ2v) is 4.24. The molecule has 2 aromatic rings. The van der Waals surface area contributed by atoms with E-state index < -0.39 is 0 Å². The summed E-state index contributed by atoms with van der Waals surface area (Å²) in [6.45, 7) is 1.79. The van der Waals surface area contributed by atoms with E-state index in [-0.39, 0.29) is 0 Å². The van der Waals surface area contributed by atoms with Crippen LogP contribution >= 0.6 is 11.6 Å². The molecule has 0 amide bonds. The molecular formula is C13H11ClN4O. The number of nitriles is 1. The molecule has 0 unspecified atom stereocenters. The molecule has 96 valence electrons. The van der Waals surface area contributed by atoms with Gasteiger partial charge in [0.2, 0.25) is 5.95 Å². The van der Waals surface area contributed by atoms with Crippen LogP contribution in [0.2, 0.25) is 5.02 Å². The second-order valence-electron chi connectivity index (χ2n) is 3.80. The fourth-order valence-corrected chi connectivity index (χ4v) is 1.75. The van der Waals surface area contributed by atoms with Crippen LogP contribution in [0.1, 0.15) is 11.4 Å². The molecule has 0 bridgehead atoms. The number of aryl methyl sites for hydroxylation is 1. The van der Waals surface area contributed by atoms with Crippen LogP contribution in [-0.4, -0.2) is 17.1 Å². The second kappa shape index (κ2) is 5.55. The van der Waals surface area contributed by atoms with Crippen molar-refractivity contribution in [3.63, 3.8) is 0 Å². The number of hydrogen-bond donors (Lipinski definition) is 1. The molecule has 0 spiro atoms. The van der Waals surface area contributed by atoms with Crippen LogP contribution in [0.15, 0.2) is 24.3 Å². The van der Waals surface area contributed by atoms with E-state index in [0.29, 0.717) is 33.8 Å². The van der Waals surface area contributed by atoms with Crippen LogP contribution in [0.4, 0.5) is 11.6 Å². The molecule has 0 aliphatic heterocycles. The van der Waals surface area contributed by atoms with Crippen molar-refractivity contribution in [2.45, 2.75) is 6.92 Å². The van der Waals surface area contributed by atoms with Crippen molar-refractivity contribution in [2.75, 3.05) is 12.4 Å². The Morgan fingerprint density at radius 2 is 2.11 bits per heavy atom. The average molecular weight is 275 g/mol. The monoisotopic (exact) mass is 274 g/mol. The highest BCUT2D eigenvalue weighted by Crippen LogP contribution is 2.29. The van der Waals surface area contributed by atoms with E-state index in [1.165, 1.54) is 0 Å². The predicted molar refractivity (Wildman–Crippen MR) is 72.8 cm³/mol. The molecule has 1 heterocycles. The largest absolute Gasteiger partial charge is 0.495 e. The van der Waals surface area contributed by atoms with Crippen molar-refractivity contribution in [3.05, 3.63) is 40.7 Å². The standard InChI is InChI=1S/C13H11ClN4O/c1-8-5-10(7-15)17-13(16-8)18-11-6-9(14)3-4-12(11)19-2/h3-6H,1-2H3,(H,16,17,18). The van der Waals surface area contributed by atoms with Gasteiger partial charge in [0.1, 0.15) is 17.5 Å². The molecule has 19 heavy (non-hydrogen) atoms. The van der Waals surface area contributed by atoms with E-state index in [9.17, 15) is 0 Å². The minimum absolute atomic E-state index is 0.302. The number of benzene rings is 1. The fraction of sp³-hybridized carbons (Fsp3) is 0.154. The molecule has 6 heteroatoms. The summed E-state index contributed by atoms with van der Waals surface area (Å²) in [5, 5.41) is 12.4. The maximum Gasteiger partial charge on any atom is 0.228 e. The van der Waals surface area contributed by atoms with Gasteiger partial charge in [-0.3, -0.25) is 0 Å². The number of anilines is 2. The van der Waals surface area contributed by atoms with E-state index in [0.717, 1.165) is 0 Å². The number of rotatable bonds is 3. The summed E-state index contributed by atoms with van der Waals surface area (Å²) in [6.07, 6.45) is 0. The third-order valence-corrected chi connectivity index (χ3v) is 2.61. The fourth-order valence-electron chi connectivity index (χ4n) is 1.58. The van der Waals surface area contributed by atoms with E-state index in [1.54, 1.807) is 38.3 Å². The van der Waals surface area contributed by atoms with Crippen LogP contribution in [-0.2, 0) is 0 Å². The highest BCUT2D eigenvalue weighted by atomic mass is 35.5. The van der Waals surface area contributed by atoms with Gasteiger partial charge in [-0.05, 0) is 31.2 Å². The van der Waals surface area contributed by atoms with Crippen LogP contribution in [0.5, 0.6) is 5.75 Å². The molecule has 0 radical (unpaired) electrons. The number of halogens is 1. The topological polar surface area (TPSA) is 70.8 Å². The Balaban J connectivity index is 2.38. The number of nitrogens with one attached hydrogen (secondary N) is 1. The first-order valence-electron chi connectivity index (χ1n) is 5.48. The summed E-state index contributed by atoms with van der Waals surface area (Å²) >= 11 is 5.94. The summed E-state index contributed by atoms with van der Waals surface area (Å²) in [7, 11) is 1.56. The Labute approximate surface area is 115 Å². The molecule has 5 nitrogen and oxygen atoms in total. The third kappa shape index (κ3) is 3.12. The van der Waals surface area contributed by atoms with Crippen molar-refractivity contribution < 1.29 is 4.74 Å². The Hall–Kier alpha value is -2.32. The van der Waals surface area contributed by atoms with Crippen LogP contribution in [0, 0.1) is 18.3 Å². The number of nitrogens with zero attached hydrogens (tertiary/aromatic N) is 3. The summed E-state index contributed by atoms with van der Waals surface area (Å²) in [4.78, 5) is 8.28. The predicted octanol–water partition coefficient (Wildman–Crippen LogP) is 3.06. The summed E-state index contributed by atoms with van der Waals surface area (Å²) in [5.41, 5.74) is 1.65. The Morgan fingerprint density at radius 1 is 1.32 bits per heavy atom. The first-order valence-corrected chi connectivity index (χ1v) is 5.86. The lowest BCUT2D eigenvalue weighted by molar-refractivity contribution is 0.417. The first kappa shape index (κ1) is 13.1. The molecular weight excluding hydrogens is 264 g/mol. The maximum atomic E-state index is 8.88. The minimum atomic E-state index is 0.302. The molecule has 1 aromatic heterocycles. The van der Waals surface area contributed by atoms with Crippen LogP contribution in [0.3, 0.4) is 0 Å². The van der Waals surface area contributed by atoms with Gasteiger partial charge >= 0.3 is 0 Å². The highest BCUT2D eigenvalue weighted by Gasteiger charge is 2.07. The molecule has 2 rings (SSSR count). The maximum absolute atomic E-state index is 8.88. The van der Waals surface area contributed by atoms with Gasteiger partial charge in [-0.25, -0.2) is 9.97 Å². The van der Waals surface area contributed by atoms with E-state index in [1.807, 2.05) is 6.07 Å². The Bertz CT molecular complexity index is 652. The number of methoxy groups -OCH3 is 1. The molecule has 0 atom stereocenters. The molecule has 0 fully saturated rings. The zero-order chi connectivity index (χ0) is 13.8. The minimum Gasteiger partial charge on any atom is -0.495 e. The van der Waals surface area contributed by atoms with Gasteiger partial charge in [0, 0.05) is 10.7 Å². The molecule has 1 N–H and O–H groups in total. The van der Waals surface area contributed by atoms with E-state index in [2.05, 4.69) is 15.3 Å². The Kier molecular flexibility index (Phi) is 3.83. The zero-order valence-electron chi connectivity index (χ0n) is 10.4. The van der Waals surface area contributed by atoms with E-state index in [4.69, 9.17) is 21.6 Å². The van der Waals surface area contributed by atoms with Crippen molar-refractivity contribution in [1.29, 1.82) is 5.26 Å². The van der Waals surface area contributed by atoms with Crippen molar-refractivity contribution in [2.24, 2.45) is 0 Å². The van der Waals surface area contributed by atoms with Gasteiger partial charge in [0.15, 0.2) is 0 Å². The van der Waals surface area contributed by atoms with Crippen molar-refractivity contribution in [3.8, 4) is 11.8 Å². The number of ether oxygens (including phenoxy) is 1. The summed E-state index contributed by atoms with van der Waals surface area (Å²) < 4.78 is 5.22. The molecule has 0 aliphatic rings. The van der Waals surface area contributed by atoms with Gasteiger partial charge in [0.05, 0.1) is 12.8 Å². The smallest absolute Gasteiger partial charge is 0.228 e. The lowest BCUT2D eigenvalue weighted by Gasteiger charge is -2.10. The summed E-state index contributed by atoms with van der Waals surface area (Å²) in [6, 6.07) is 8.77. The third-order valence-electron chi connectivity index (χ3n) is 2.38. The molecule has 0 aliphatic carbocycles. The van der Waals surface area contributed by atoms with Crippen molar-refractivity contribution in [1.82, 2.24) is 9.97 Å². The number of hydrogen-bond acceptors (Lipinski definition) is 5. The van der Waals surface area contributed by atoms with Crippen LogP contribution in [0.25, 0.3) is 0 Å². The molecule has 1 aromatic carbocycles. The van der Waals surface area contributed by atoms with Gasteiger partial charge < -0.3 is 10.1 Å². The normalized spacial score (nSPS) is 9.79. The van der Waals surface area contributed by atoms with Gasteiger partial charge in [-0.1, -0.05) is 11.6 Å². The molecule has 0 saturated carbocycles. The van der Waals surface area contributed by atoms with Crippen molar-refractivity contribution >= 4 is 23.2 Å². The van der Waals surface area contributed by atoms with Gasteiger partial charge in [-0.2, -0.15) is 5.26 Å².